The van der Waals surface area contributed by atoms with Crippen LogP contribution in [0.15, 0.2) is 47.6 Å². The van der Waals surface area contributed by atoms with Gasteiger partial charge < -0.3 is 14.7 Å². The highest BCUT2D eigenvalue weighted by Gasteiger charge is 2.32. The van der Waals surface area contributed by atoms with Crippen molar-refractivity contribution in [3.05, 3.63) is 47.6 Å². The third-order valence-corrected chi connectivity index (χ3v) is 5.53. The van der Waals surface area contributed by atoms with Gasteiger partial charge in [-0.15, -0.1) is 0 Å². The molecule has 0 aromatic rings. The van der Waals surface area contributed by atoms with Gasteiger partial charge in [0.1, 0.15) is 0 Å². The molecule has 5 nitrogen and oxygen atoms in total. The predicted molar refractivity (Wildman–Crippen MR) is 107 cm³/mol. The average Bonchev–Trinajstić information content (AvgIpc) is 3.10. The maximum atomic E-state index is 12.8. The molecule has 27 heavy (non-hydrogen) atoms. The van der Waals surface area contributed by atoms with Gasteiger partial charge in [0.05, 0.1) is 19.3 Å². The summed E-state index contributed by atoms with van der Waals surface area (Å²) in [5.74, 6) is 0.299. The van der Waals surface area contributed by atoms with E-state index in [0.29, 0.717) is 31.5 Å². The van der Waals surface area contributed by atoms with Crippen molar-refractivity contribution in [3.8, 4) is 0 Å². The summed E-state index contributed by atoms with van der Waals surface area (Å²) in [5, 5.41) is 10.3. The van der Waals surface area contributed by atoms with E-state index in [0.717, 1.165) is 32.7 Å². The third-order valence-electron chi connectivity index (χ3n) is 5.53. The summed E-state index contributed by atoms with van der Waals surface area (Å²) in [6.07, 6.45) is 8.99. The van der Waals surface area contributed by atoms with Gasteiger partial charge in [-0.25, -0.2) is 0 Å². The first-order chi connectivity index (χ1) is 13.0. The van der Waals surface area contributed by atoms with E-state index in [2.05, 4.69) is 37.5 Å². The van der Waals surface area contributed by atoms with Gasteiger partial charge in [-0.3, -0.25) is 9.69 Å². The number of rotatable bonds is 6. The molecule has 0 saturated carbocycles. The minimum absolute atomic E-state index is 0.133. The van der Waals surface area contributed by atoms with Crippen LogP contribution in [0.5, 0.6) is 0 Å². The predicted octanol–water partition coefficient (Wildman–Crippen LogP) is 2.31. The molecule has 148 valence electrons. The fraction of sp³-hybridized carbons (Fsp3) is 0.591. The molecule has 5 heteroatoms. The number of carbonyl (C=O) groups is 1. The van der Waals surface area contributed by atoms with Crippen molar-refractivity contribution >= 4 is 5.91 Å². The molecular formula is C22H32N2O3. The molecule has 3 aliphatic rings. The Kier molecular flexibility index (Phi) is 6.68. The molecule has 1 saturated heterocycles. The van der Waals surface area contributed by atoms with E-state index in [-0.39, 0.29) is 11.5 Å². The maximum Gasteiger partial charge on any atom is 0.252 e. The first kappa shape index (κ1) is 20.1. The molecule has 1 fully saturated rings. The van der Waals surface area contributed by atoms with Crippen LogP contribution in [-0.4, -0.2) is 72.4 Å². The zero-order chi connectivity index (χ0) is 19.4. The summed E-state index contributed by atoms with van der Waals surface area (Å²) < 4.78 is 5.45. The van der Waals surface area contributed by atoms with Crippen molar-refractivity contribution in [1.82, 2.24) is 9.80 Å². The van der Waals surface area contributed by atoms with Crippen LogP contribution < -0.4 is 0 Å². The third kappa shape index (κ3) is 4.98. The number of morpholine rings is 1. The summed E-state index contributed by atoms with van der Waals surface area (Å²) in [6, 6.07) is 0.401. The number of carbonyl (C=O) groups excluding carboxylic acids is 1. The van der Waals surface area contributed by atoms with Crippen molar-refractivity contribution in [1.29, 1.82) is 0 Å². The van der Waals surface area contributed by atoms with Crippen molar-refractivity contribution in [2.24, 2.45) is 5.92 Å². The molecule has 1 N–H and O–H groups in total. The quantitative estimate of drug-likeness (QED) is 0.574. The summed E-state index contributed by atoms with van der Waals surface area (Å²) in [4.78, 5) is 17.0. The Labute approximate surface area is 162 Å². The van der Waals surface area contributed by atoms with Crippen LogP contribution in [0.4, 0.5) is 0 Å². The Morgan fingerprint density at radius 2 is 2.11 bits per heavy atom. The normalized spacial score (nSPS) is 24.7. The van der Waals surface area contributed by atoms with Gasteiger partial charge in [-0.2, -0.15) is 0 Å². The highest BCUT2D eigenvalue weighted by atomic mass is 16.5. The average molecular weight is 373 g/mol. The lowest BCUT2D eigenvalue weighted by Crippen LogP contribution is -2.43. The van der Waals surface area contributed by atoms with Gasteiger partial charge in [0.2, 0.25) is 0 Å². The molecule has 2 unspecified atom stereocenters. The lowest BCUT2D eigenvalue weighted by Gasteiger charge is -2.34. The van der Waals surface area contributed by atoms with Gasteiger partial charge >= 0.3 is 0 Å². The first-order valence-electron chi connectivity index (χ1n) is 9.99. The topological polar surface area (TPSA) is 53.0 Å². The Bertz CT molecular complexity index is 656. The number of ether oxygens (including phenoxy) is 1. The van der Waals surface area contributed by atoms with E-state index in [1.807, 2.05) is 17.1 Å². The number of aliphatic hydroxyl groups is 1. The molecule has 0 spiro atoms. The minimum atomic E-state index is -0.818. The van der Waals surface area contributed by atoms with Crippen LogP contribution in [0.25, 0.3) is 0 Å². The monoisotopic (exact) mass is 372 g/mol. The van der Waals surface area contributed by atoms with Crippen LogP contribution >= 0.6 is 0 Å². The van der Waals surface area contributed by atoms with E-state index >= 15 is 0 Å². The van der Waals surface area contributed by atoms with E-state index in [9.17, 15) is 9.90 Å². The molecule has 0 aromatic carbocycles. The van der Waals surface area contributed by atoms with Crippen LogP contribution in [-0.2, 0) is 9.53 Å². The second-order valence-corrected chi connectivity index (χ2v) is 8.02. The number of allylic oxidation sites excluding steroid dienone is 1. The number of hydrogen-bond acceptors (Lipinski definition) is 4. The molecule has 3 rings (SSSR count). The lowest BCUT2D eigenvalue weighted by atomic mass is 9.95. The molecule has 0 bridgehead atoms. The zero-order valence-corrected chi connectivity index (χ0v) is 16.6. The number of aliphatic hydroxyl groups excluding tert-OH is 1. The summed E-state index contributed by atoms with van der Waals surface area (Å²) in [6.45, 7) is 12.8. The smallest absolute Gasteiger partial charge is 0.252 e. The van der Waals surface area contributed by atoms with Gasteiger partial charge in [0.25, 0.3) is 5.91 Å². The van der Waals surface area contributed by atoms with E-state index in [1.54, 1.807) is 0 Å². The molecule has 1 amide bonds. The lowest BCUT2D eigenvalue weighted by molar-refractivity contribution is -0.127. The summed E-state index contributed by atoms with van der Waals surface area (Å²) >= 11 is 0. The van der Waals surface area contributed by atoms with Crippen molar-refractivity contribution < 1.29 is 14.6 Å². The Morgan fingerprint density at radius 1 is 1.37 bits per heavy atom. The summed E-state index contributed by atoms with van der Waals surface area (Å²) in [5.41, 5.74) is 2.87. The van der Waals surface area contributed by atoms with Crippen LogP contribution in [0.2, 0.25) is 0 Å². The van der Waals surface area contributed by atoms with Crippen LogP contribution in [0, 0.1) is 5.92 Å². The summed E-state index contributed by atoms with van der Waals surface area (Å²) in [7, 11) is 0. The standard InChI is InChI=1S/C22H32N2O3/c1-16(2)5-4-6-21(25)17(3)22(26)24-14-18-7-8-20(13-19(18)15-24)23-9-11-27-12-10-23/h4-5,7-8,16,20-21,25H,3,6,9-15H2,1-2H3. The highest BCUT2D eigenvalue weighted by molar-refractivity contribution is 5.94. The fourth-order valence-electron chi connectivity index (χ4n) is 3.89. The first-order valence-corrected chi connectivity index (χ1v) is 9.99. The van der Waals surface area contributed by atoms with E-state index < -0.39 is 6.10 Å². The Balaban J connectivity index is 1.53. The van der Waals surface area contributed by atoms with E-state index in [4.69, 9.17) is 4.74 Å². The van der Waals surface area contributed by atoms with Crippen molar-refractivity contribution in [2.45, 2.75) is 38.8 Å². The minimum Gasteiger partial charge on any atom is -0.388 e. The van der Waals surface area contributed by atoms with Gasteiger partial charge in [0.15, 0.2) is 0 Å². The second kappa shape index (κ2) is 9.00. The van der Waals surface area contributed by atoms with Crippen molar-refractivity contribution in [2.75, 3.05) is 39.4 Å². The largest absolute Gasteiger partial charge is 0.388 e. The number of hydrogen-bond donors (Lipinski definition) is 1. The SMILES string of the molecule is C=C(C(=O)N1CC2=C(CC(N3CCOCC3)C=C2)C1)C(O)CC=CC(C)C. The van der Waals surface area contributed by atoms with Gasteiger partial charge in [-0.1, -0.05) is 44.7 Å². The Morgan fingerprint density at radius 3 is 2.81 bits per heavy atom. The fourth-order valence-corrected chi connectivity index (χ4v) is 3.89. The molecule has 0 aromatic heterocycles. The molecule has 2 aliphatic heterocycles. The van der Waals surface area contributed by atoms with Gasteiger partial charge in [0, 0.05) is 37.8 Å². The maximum absolute atomic E-state index is 12.8. The van der Waals surface area contributed by atoms with E-state index in [1.165, 1.54) is 11.1 Å². The van der Waals surface area contributed by atoms with Crippen molar-refractivity contribution in [3.63, 3.8) is 0 Å². The van der Waals surface area contributed by atoms with Gasteiger partial charge in [-0.05, 0) is 29.9 Å². The molecular weight excluding hydrogens is 340 g/mol. The molecule has 2 atom stereocenters. The second-order valence-electron chi connectivity index (χ2n) is 8.02. The molecule has 2 heterocycles. The Hall–Kier alpha value is -1.69. The van der Waals surface area contributed by atoms with Crippen LogP contribution in [0.1, 0.15) is 26.7 Å². The zero-order valence-electron chi connectivity index (χ0n) is 16.6. The molecule has 1 aliphatic carbocycles. The van der Waals surface area contributed by atoms with Crippen LogP contribution in [0.3, 0.4) is 0 Å². The highest BCUT2D eigenvalue weighted by Crippen LogP contribution is 2.30. The molecule has 0 radical (unpaired) electrons. The number of nitrogens with zero attached hydrogens (tertiary/aromatic N) is 2. The number of amides is 1.